The summed E-state index contributed by atoms with van der Waals surface area (Å²) in [5.41, 5.74) is 2.38. The zero-order valence-corrected chi connectivity index (χ0v) is 11.6. The first-order valence-corrected chi connectivity index (χ1v) is 6.49. The summed E-state index contributed by atoms with van der Waals surface area (Å²) >= 11 is 3.22. The van der Waals surface area contributed by atoms with E-state index in [-0.39, 0.29) is 5.75 Å². The van der Waals surface area contributed by atoms with Crippen LogP contribution < -0.4 is 4.74 Å². The van der Waals surface area contributed by atoms with Gasteiger partial charge in [-0.05, 0) is 45.8 Å². The molecule has 0 fully saturated rings. The highest BCUT2D eigenvalue weighted by Gasteiger charge is 2.09. The largest absolute Gasteiger partial charge is 0.435 e. The van der Waals surface area contributed by atoms with Crippen LogP contribution in [0.5, 0.6) is 5.75 Å². The van der Waals surface area contributed by atoms with Gasteiger partial charge in [-0.25, -0.2) is 9.50 Å². The van der Waals surface area contributed by atoms with Crippen molar-refractivity contribution in [3.63, 3.8) is 0 Å². The molecule has 0 unspecified atom stereocenters. The molecule has 0 atom stereocenters. The van der Waals surface area contributed by atoms with Crippen LogP contribution in [0, 0.1) is 0 Å². The smallest absolute Gasteiger partial charge is 0.387 e. The lowest BCUT2D eigenvalue weighted by atomic mass is 10.1. The Morgan fingerprint density at radius 3 is 2.60 bits per heavy atom. The predicted octanol–water partition coefficient (Wildman–Crippen LogP) is 3.76. The van der Waals surface area contributed by atoms with Gasteiger partial charge in [-0.3, -0.25) is 0 Å². The van der Waals surface area contributed by atoms with Crippen LogP contribution in [0.3, 0.4) is 0 Å². The zero-order chi connectivity index (χ0) is 14.1. The molecule has 0 saturated carbocycles. The first kappa shape index (κ1) is 13.0. The molecule has 0 amide bonds. The molecule has 0 spiro atoms. The molecule has 102 valence electrons. The third-order valence-corrected chi connectivity index (χ3v) is 3.06. The summed E-state index contributed by atoms with van der Waals surface area (Å²) in [4.78, 5) is 4.28. The van der Waals surface area contributed by atoms with E-state index in [1.807, 2.05) is 12.1 Å². The number of halogens is 3. The Balaban J connectivity index is 2.02. The van der Waals surface area contributed by atoms with E-state index in [1.165, 1.54) is 12.1 Å². The number of hydrogen-bond acceptors (Lipinski definition) is 3. The SMILES string of the molecule is FC(F)Oc1ccc(-c2cccn3nc(Br)nc23)cc1. The lowest BCUT2D eigenvalue weighted by molar-refractivity contribution is -0.0498. The summed E-state index contributed by atoms with van der Waals surface area (Å²) in [6, 6.07) is 10.1. The molecule has 3 rings (SSSR count). The topological polar surface area (TPSA) is 39.4 Å². The van der Waals surface area contributed by atoms with Crippen molar-refractivity contribution >= 4 is 21.6 Å². The van der Waals surface area contributed by atoms with Gasteiger partial charge in [0.1, 0.15) is 5.75 Å². The van der Waals surface area contributed by atoms with Gasteiger partial charge in [-0.15, -0.1) is 5.10 Å². The van der Waals surface area contributed by atoms with E-state index < -0.39 is 6.61 Å². The molecule has 1 aromatic carbocycles. The number of hydrogen-bond donors (Lipinski definition) is 0. The highest BCUT2D eigenvalue weighted by atomic mass is 79.9. The fourth-order valence-electron chi connectivity index (χ4n) is 1.92. The van der Waals surface area contributed by atoms with Crippen LogP contribution in [-0.4, -0.2) is 21.2 Å². The van der Waals surface area contributed by atoms with Crippen LogP contribution in [0.15, 0.2) is 47.3 Å². The molecule has 0 bridgehead atoms. The lowest BCUT2D eigenvalue weighted by Gasteiger charge is -2.06. The molecule has 0 saturated heterocycles. The average molecular weight is 340 g/mol. The molecule has 4 nitrogen and oxygen atoms in total. The lowest BCUT2D eigenvalue weighted by Crippen LogP contribution is -2.01. The summed E-state index contributed by atoms with van der Waals surface area (Å²) < 4.78 is 30.7. The van der Waals surface area contributed by atoms with Crippen LogP contribution in [-0.2, 0) is 0 Å². The molecule has 20 heavy (non-hydrogen) atoms. The molecule has 0 aliphatic carbocycles. The number of benzene rings is 1. The van der Waals surface area contributed by atoms with E-state index >= 15 is 0 Å². The Bertz CT molecular complexity index is 743. The Kier molecular flexibility index (Phi) is 3.35. The quantitative estimate of drug-likeness (QED) is 0.729. The van der Waals surface area contributed by atoms with E-state index in [1.54, 1.807) is 22.8 Å². The van der Waals surface area contributed by atoms with Gasteiger partial charge in [0.25, 0.3) is 0 Å². The van der Waals surface area contributed by atoms with Crippen molar-refractivity contribution in [2.24, 2.45) is 0 Å². The van der Waals surface area contributed by atoms with E-state index in [0.717, 1.165) is 11.1 Å². The van der Waals surface area contributed by atoms with Crippen LogP contribution in [0.4, 0.5) is 8.78 Å². The third-order valence-electron chi connectivity index (χ3n) is 2.73. The number of pyridine rings is 1. The normalized spacial score (nSPS) is 11.2. The molecule has 7 heteroatoms. The van der Waals surface area contributed by atoms with Gasteiger partial charge in [0.2, 0.25) is 4.73 Å². The second-order valence-electron chi connectivity index (χ2n) is 3.97. The summed E-state index contributed by atoms with van der Waals surface area (Å²) in [5, 5.41) is 4.15. The van der Waals surface area contributed by atoms with Crippen LogP contribution in [0.2, 0.25) is 0 Å². The summed E-state index contributed by atoms with van der Waals surface area (Å²) in [6.45, 7) is -2.82. The Labute approximate surface area is 121 Å². The molecule has 0 radical (unpaired) electrons. The molecule has 0 N–H and O–H groups in total. The molecule has 2 heterocycles. The van der Waals surface area contributed by atoms with Gasteiger partial charge in [-0.2, -0.15) is 8.78 Å². The first-order valence-electron chi connectivity index (χ1n) is 5.69. The van der Waals surface area contributed by atoms with Crippen molar-refractivity contribution in [1.82, 2.24) is 14.6 Å². The fraction of sp³-hybridized carbons (Fsp3) is 0.0769. The van der Waals surface area contributed by atoms with Crippen LogP contribution in [0.25, 0.3) is 16.8 Å². The van der Waals surface area contributed by atoms with E-state index in [2.05, 4.69) is 30.7 Å². The second-order valence-corrected chi connectivity index (χ2v) is 4.68. The maximum absolute atomic E-state index is 12.1. The molecule has 3 aromatic rings. The minimum Gasteiger partial charge on any atom is -0.435 e. The van der Waals surface area contributed by atoms with E-state index in [4.69, 9.17) is 0 Å². The van der Waals surface area contributed by atoms with Crippen molar-refractivity contribution in [2.45, 2.75) is 6.61 Å². The van der Waals surface area contributed by atoms with Gasteiger partial charge in [0.15, 0.2) is 5.65 Å². The number of rotatable bonds is 3. The van der Waals surface area contributed by atoms with E-state index in [9.17, 15) is 8.78 Å². The molecule has 0 aliphatic heterocycles. The summed E-state index contributed by atoms with van der Waals surface area (Å²) in [7, 11) is 0. The standard InChI is InChI=1S/C13H8BrF2N3O/c14-12-17-11-10(2-1-7-19(11)18-12)8-3-5-9(6-4-8)20-13(15)16/h1-7,13H. The summed E-state index contributed by atoms with van der Waals surface area (Å²) in [6.07, 6.45) is 1.78. The van der Waals surface area contributed by atoms with Crippen LogP contribution >= 0.6 is 15.9 Å². The highest BCUT2D eigenvalue weighted by molar-refractivity contribution is 9.10. The molecular formula is C13H8BrF2N3O. The second kappa shape index (κ2) is 5.16. The Morgan fingerprint density at radius 1 is 1.15 bits per heavy atom. The zero-order valence-electron chi connectivity index (χ0n) is 10.0. The number of nitrogens with zero attached hydrogens (tertiary/aromatic N) is 3. The highest BCUT2D eigenvalue weighted by Crippen LogP contribution is 2.26. The Morgan fingerprint density at radius 2 is 1.90 bits per heavy atom. The van der Waals surface area contributed by atoms with Crippen molar-refractivity contribution in [3.8, 4) is 16.9 Å². The van der Waals surface area contributed by atoms with Crippen molar-refractivity contribution in [3.05, 3.63) is 47.3 Å². The van der Waals surface area contributed by atoms with Crippen molar-refractivity contribution in [1.29, 1.82) is 0 Å². The van der Waals surface area contributed by atoms with E-state index in [0.29, 0.717) is 10.4 Å². The van der Waals surface area contributed by atoms with Gasteiger partial charge in [0.05, 0.1) is 0 Å². The first-order chi connectivity index (χ1) is 9.63. The number of fused-ring (bicyclic) bond motifs is 1. The third kappa shape index (κ3) is 2.49. The predicted molar refractivity (Wildman–Crippen MR) is 72.8 cm³/mol. The van der Waals surface area contributed by atoms with Gasteiger partial charge in [-0.1, -0.05) is 12.1 Å². The monoisotopic (exact) mass is 339 g/mol. The number of aromatic nitrogens is 3. The maximum atomic E-state index is 12.1. The Hall–Kier alpha value is -2.02. The fourth-order valence-corrected chi connectivity index (χ4v) is 2.26. The van der Waals surface area contributed by atoms with Crippen molar-refractivity contribution in [2.75, 3.05) is 0 Å². The number of alkyl halides is 2. The molecule has 2 aromatic heterocycles. The minimum absolute atomic E-state index is 0.123. The van der Waals surface area contributed by atoms with Gasteiger partial charge in [0, 0.05) is 11.8 Å². The number of ether oxygens (including phenoxy) is 1. The van der Waals surface area contributed by atoms with Gasteiger partial charge >= 0.3 is 6.61 Å². The van der Waals surface area contributed by atoms with Crippen LogP contribution in [0.1, 0.15) is 0 Å². The molecular weight excluding hydrogens is 332 g/mol. The summed E-state index contributed by atoms with van der Waals surface area (Å²) in [5.74, 6) is 0.123. The van der Waals surface area contributed by atoms with Crippen molar-refractivity contribution < 1.29 is 13.5 Å². The van der Waals surface area contributed by atoms with Gasteiger partial charge < -0.3 is 4.74 Å². The molecule has 0 aliphatic rings. The minimum atomic E-state index is -2.82. The maximum Gasteiger partial charge on any atom is 0.387 e. The average Bonchev–Trinajstić information content (AvgIpc) is 2.79.